The number of allylic oxidation sites excluding steroid dienone is 1. The van der Waals surface area contributed by atoms with Crippen molar-refractivity contribution >= 4 is 11.8 Å². The van der Waals surface area contributed by atoms with E-state index in [-0.39, 0.29) is 23.9 Å². The first-order valence-electron chi connectivity index (χ1n) is 7.82. The molecule has 2 rings (SSSR count). The molecule has 1 aliphatic heterocycles. The number of nitrogens with zero attached hydrogens (tertiary/aromatic N) is 1. The van der Waals surface area contributed by atoms with E-state index >= 15 is 0 Å². The van der Waals surface area contributed by atoms with Gasteiger partial charge in [-0.25, -0.2) is 0 Å². The van der Waals surface area contributed by atoms with E-state index in [1.54, 1.807) is 4.90 Å². The number of carbonyl (C=O) groups excluding carboxylic acids is 2. The van der Waals surface area contributed by atoms with Gasteiger partial charge in [-0.15, -0.1) is 0 Å². The highest BCUT2D eigenvalue weighted by atomic mass is 16.2. The molecule has 112 valence electrons. The number of rotatable bonds is 4. The van der Waals surface area contributed by atoms with Crippen molar-refractivity contribution in [1.29, 1.82) is 0 Å². The van der Waals surface area contributed by atoms with E-state index in [9.17, 15) is 9.59 Å². The van der Waals surface area contributed by atoms with E-state index in [0.717, 1.165) is 25.7 Å². The van der Waals surface area contributed by atoms with Crippen molar-refractivity contribution in [3.63, 3.8) is 0 Å². The van der Waals surface area contributed by atoms with Crippen LogP contribution in [0, 0.1) is 0 Å². The second kappa shape index (κ2) is 7.02. The van der Waals surface area contributed by atoms with Crippen LogP contribution in [0.5, 0.6) is 0 Å². The highest BCUT2D eigenvalue weighted by molar-refractivity contribution is 6.05. The van der Waals surface area contributed by atoms with Gasteiger partial charge in [0.05, 0.1) is 12.5 Å². The van der Waals surface area contributed by atoms with E-state index < -0.39 is 0 Å². The van der Waals surface area contributed by atoms with Crippen molar-refractivity contribution in [2.45, 2.75) is 70.9 Å². The Labute approximate surface area is 121 Å². The lowest BCUT2D eigenvalue weighted by atomic mass is 10.1. The zero-order valence-electron chi connectivity index (χ0n) is 12.7. The van der Waals surface area contributed by atoms with Gasteiger partial charge in [0.25, 0.3) is 0 Å². The Bertz CT molecular complexity index is 391. The fraction of sp³-hybridized carbons (Fsp3) is 0.750. The van der Waals surface area contributed by atoms with Crippen molar-refractivity contribution in [2.24, 2.45) is 0 Å². The predicted molar refractivity (Wildman–Crippen MR) is 79.2 cm³/mol. The monoisotopic (exact) mass is 278 g/mol. The molecule has 0 aromatic rings. The van der Waals surface area contributed by atoms with Gasteiger partial charge in [0, 0.05) is 12.6 Å². The molecule has 4 heteroatoms. The molecule has 0 aromatic heterocycles. The Hall–Kier alpha value is -1.16. The van der Waals surface area contributed by atoms with Crippen LogP contribution in [0.25, 0.3) is 0 Å². The summed E-state index contributed by atoms with van der Waals surface area (Å²) in [4.78, 5) is 26.1. The number of hydrogen-bond acceptors (Lipinski definition) is 3. The van der Waals surface area contributed by atoms with Crippen molar-refractivity contribution in [1.82, 2.24) is 10.2 Å². The molecule has 0 bridgehead atoms. The van der Waals surface area contributed by atoms with E-state index in [1.807, 2.05) is 19.9 Å². The third-order valence-corrected chi connectivity index (χ3v) is 4.25. The Balaban J connectivity index is 1.95. The number of carbonyl (C=O) groups is 2. The summed E-state index contributed by atoms with van der Waals surface area (Å²) in [6.45, 7) is 4.72. The lowest BCUT2D eigenvalue weighted by Crippen LogP contribution is -2.44. The summed E-state index contributed by atoms with van der Waals surface area (Å²) in [6.07, 6.45) is 9.08. The summed E-state index contributed by atoms with van der Waals surface area (Å²) in [7, 11) is 0. The third kappa shape index (κ3) is 3.69. The minimum Gasteiger partial charge on any atom is -0.302 e. The smallest absolute Gasteiger partial charge is 0.247 e. The summed E-state index contributed by atoms with van der Waals surface area (Å²) in [5.74, 6) is 0.000608. The summed E-state index contributed by atoms with van der Waals surface area (Å²) < 4.78 is 0. The zero-order chi connectivity index (χ0) is 14.5. The van der Waals surface area contributed by atoms with Gasteiger partial charge in [-0.1, -0.05) is 37.3 Å². The molecule has 20 heavy (non-hydrogen) atoms. The van der Waals surface area contributed by atoms with Crippen LogP contribution in [0.2, 0.25) is 0 Å². The van der Waals surface area contributed by atoms with Crippen LogP contribution in [0.1, 0.15) is 58.8 Å². The molecular weight excluding hydrogens is 252 g/mol. The minimum absolute atomic E-state index is 0.0101. The van der Waals surface area contributed by atoms with E-state index in [4.69, 9.17) is 0 Å². The fourth-order valence-electron chi connectivity index (χ4n) is 3.12. The molecule has 1 aliphatic carbocycles. The Morgan fingerprint density at radius 1 is 1.20 bits per heavy atom. The first-order valence-corrected chi connectivity index (χ1v) is 7.82. The highest BCUT2D eigenvalue weighted by Gasteiger charge is 2.41. The standard InChI is InChI=1S/C16H26N2O2/c1-12(2)9-10-17-14-11-15(19)18(16(14)20)13-7-5-3-4-6-8-13/h9,13-14,17H,3-8,10-11H2,1-2H3. The number of hydrogen-bond donors (Lipinski definition) is 1. The van der Waals surface area contributed by atoms with Crippen molar-refractivity contribution in [2.75, 3.05) is 6.54 Å². The van der Waals surface area contributed by atoms with Crippen LogP contribution >= 0.6 is 0 Å². The molecule has 1 saturated carbocycles. The lowest BCUT2D eigenvalue weighted by Gasteiger charge is -2.25. The molecule has 1 N–H and O–H groups in total. The van der Waals surface area contributed by atoms with Gasteiger partial charge in [-0.3, -0.25) is 14.5 Å². The van der Waals surface area contributed by atoms with Crippen LogP contribution in [0.3, 0.4) is 0 Å². The molecular formula is C16H26N2O2. The number of nitrogens with one attached hydrogen (secondary N) is 1. The van der Waals surface area contributed by atoms with Crippen LogP contribution in [0.15, 0.2) is 11.6 Å². The Kier molecular flexibility index (Phi) is 5.35. The van der Waals surface area contributed by atoms with Gasteiger partial charge in [0.1, 0.15) is 0 Å². The van der Waals surface area contributed by atoms with Gasteiger partial charge in [0.2, 0.25) is 11.8 Å². The number of amides is 2. The third-order valence-electron chi connectivity index (χ3n) is 4.25. The molecule has 2 fully saturated rings. The quantitative estimate of drug-likeness (QED) is 0.488. The van der Waals surface area contributed by atoms with Gasteiger partial charge in [-0.2, -0.15) is 0 Å². The number of likely N-dealkylation sites (tertiary alicyclic amines) is 1. The normalized spacial score (nSPS) is 24.9. The summed E-state index contributed by atoms with van der Waals surface area (Å²) >= 11 is 0. The van der Waals surface area contributed by atoms with Crippen LogP contribution in [-0.2, 0) is 9.59 Å². The van der Waals surface area contributed by atoms with Crippen molar-refractivity contribution in [3.05, 3.63) is 11.6 Å². The van der Waals surface area contributed by atoms with Crippen LogP contribution < -0.4 is 5.32 Å². The Morgan fingerprint density at radius 2 is 1.85 bits per heavy atom. The molecule has 4 nitrogen and oxygen atoms in total. The molecule has 0 aromatic carbocycles. The molecule has 2 aliphatic rings. The van der Waals surface area contributed by atoms with Crippen LogP contribution in [0.4, 0.5) is 0 Å². The SMILES string of the molecule is CC(C)=CCNC1CC(=O)N(C2CCCCCC2)C1=O. The van der Waals surface area contributed by atoms with Crippen molar-refractivity contribution < 1.29 is 9.59 Å². The van der Waals surface area contributed by atoms with Gasteiger partial charge >= 0.3 is 0 Å². The van der Waals surface area contributed by atoms with Gasteiger partial charge < -0.3 is 5.32 Å². The van der Waals surface area contributed by atoms with Gasteiger partial charge in [-0.05, 0) is 26.7 Å². The molecule has 1 saturated heterocycles. The van der Waals surface area contributed by atoms with E-state index in [0.29, 0.717) is 13.0 Å². The van der Waals surface area contributed by atoms with E-state index in [2.05, 4.69) is 5.32 Å². The average Bonchev–Trinajstić information content (AvgIpc) is 2.60. The molecule has 1 heterocycles. The molecule has 0 radical (unpaired) electrons. The maximum atomic E-state index is 12.4. The zero-order valence-corrected chi connectivity index (χ0v) is 12.7. The van der Waals surface area contributed by atoms with Crippen molar-refractivity contribution in [3.8, 4) is 0 Å². The molecule has 1 unspecified atom stereocenters. The molecule has 1 atom stereocenters. The minimum atomic E-state index is -0.318. The maximum absolute atomic E-state index is 12.4. The second-order valence-electron chi connectivity index (χ2n) is 6.19. The van der Waals surface area contributed by atoms with Gasteiger partial charge in [0.15, 0.2) is 0 Å². The second-order valence-corrected chi connectivity index (χ2v) is 6.19. The van der Waals surface area contributed by atoms with E-state index in [1.165, 1.54) is 18.4 Å². The molecule has 2 amide bonds. The number of imide groups is 1. The summed E-state index contributed by atoms with van der Waals surface area (Å²) in [6, 6.07) is -0.172. The maximum Gasteiger partial charge on any atom is 0.247 e. The first-order chi connectivity index (χ1) is 9.59. The average molecular weight is 278 g/mol. The first kappa shape index (κ1) is 15.2. The summed E-state index contributed by atoms with van der Waals surface area (Å²) in [5, 5.41) is 3.19. The lowest BCUT2D eigenvalue weighted by molar-refractivity contribution is -0.141. The van der Waals surface area contributed by atoms with Crippen LogP contribution in [-0.4, -0.2) is 35.3 Å². The topological polar surface area (TPSA) is 49.4 Å². The molecule has 0 spiro atoms. The highest BCUT2D eigenvalue weighted by Crippen LogP contribution is 2.26. The Morgan fingerprint density at radius 3 is 2.45 bits per heavy atom. The fourth-order valence-corrected chi connectivity index (χ4v) is 3.12. The predicted octanol–water partition coefficient (Wildman–Crippen LogP) is 2.39. The summed E-state index contributed by atoms with van der Waals surface area (Å²) in [5.41, 5.74) is 1.22. The largest absolute Gasteiger partial charge is 0.302 e.